The first-order chi connectivity index (χ1) is 5.07. The van der Waals surface area contributed by atoms with Crippen molar-refractivity contribution in [2.45, 2.75) is 18.6 Å². The quantitative estimate of drug-likeness (QED) is 0.554. The zero-order valence-corrected chi connectivity index (χ0v) is 7.31. The molecule has 0 N–H and O–H groups in total. The average molecular weight is 198 g/mol. The van der Waals surface area contributed by atoms with Gasteiger partial charge in [0.05, 0.1) is 18.8 Å². The smallest absolute Gasteiger partial charge is 0.300 e. The molecule has 2 atom stereocenters. The zero-order valence-electron chi connectivity index (χ0n) is 5.73. The fourth-order valence-corrected chi connectivity index (χ4v) is 2.99. The van der Waals surface area contributed by atoms with Crippen molar-refractivity contribution in [3.8, 4) is 0 Å². The highest BCUT2D eigenvalue weighted by atomic mass is 35.7. The van der Waals surface area contributed by atoms with Gasteiger partial charge < -0.3 is 4.74 Å². The maximum Gasteiger partial charge on any atom is 0.300 e. The predicted molar refractivity (Wildman–Crippen MR) is 39.6 cm³/mol. The first-order valence-electron chi connectivity index (χ1n) is 3.40. The number of nitrogens with zero attached hydrogens (tertiary/aromatic N) is 1. The van der Waals surface area contributed by atoms with Gasteiger partial charge in [-0.3, -0.25) is 0 Å². The number of ether oxygens (including phenoxy) is 1. The molecule has 0 amide bonds. The lowest BCUT2D eigenvalue weighted by atomic mass is 10.3. The number of halogens is 1. The summed E-state index contributed by atoms with van der Waals surface area (Å²) in [5.74, 6) is 0. The van der Waals surface area contributed by atoms with E-state index in [2.05, 4.69) is 0 Å². The lowest BCUT2D eigenvalue weighted by Crippen LogP contribution is -2.38. The zero-order chi connectivity index (χ0) is 8.06. The third-order valence-electron chi connectivity index (χ3n) is 2.13. The third-order valence-corrected chi connectivity index (χ3v) is 3.67. The van der Waals surface area contributed by atoms with E-state index in [1.807, 2.05) is 0 Å². The normalized spacial score (nSPS) is 38.3. The summed E-state index contributed by atoms with van der Waals surface area (Å²) in [6, 6.07) is -0.0116. The molecule has 2 heterocycles. The molecule has 0 aromatic heterocycles. The molecule has 0 radical (unpaired) electrons. The van der Waals surface area contributed by atoms with Gasteiger partial charge in [0.15, 0.2) is 0 Å². The van der Waals surface area contributed by atoms with Gasteiger partial charge in [0.25, 0.3) is 9.24 Å². The molecule has 0 aliphatic carbocycles. The van der Waals surface area contributed by atoms with Gasteiger partial charge in [-0.2, -0.15) is 12.7 Å². The Balaban J connectivity index is 2.21. The highest BCUT2D eigenvalue weighted by molar-refractivity contribution is 8.11. The number of hydrogen-bond acceptors (Lipinski definition) is 3. The highest BCUT2D eigenvalue weighted by Gasteiger charge is 2.44. The molecular weight excluding hydrogens is 190 g/mol. The van der Waals surface area contributed by atoms with Crippen molar-refractivity contribution in [2.24, 2.45) is 0 Å². The van der Waals surface area contributed by atoms with E-state index in [-0.39, 0.29) is 12.1 Å². The SMILES string of the molecule is O=S(=O)(Cl)N1CC2CC1CO2. The Morgan fingerprint density at radius 3 is 2.55 bits per heavy atom. The van der Waals surface area contributed by atoms with E-state index < -0.39 is 9.24 Å². The van der Waals surface area contributed by atoms with Crippen molar-refractivity contribution in [3.63, 3.8) is 0 Å². The fourth-order valence-electron chi connectivity index (χ4n) is 1.63. The van der Waals surface area contributed by atoms with E-state index in [9.17, 15) is 8.42 Å². The summed E-state index contributed by atoms with van der Waals surface area (Å²) >= 11 is 0. The van der Waals surface area contributed by atoms with Crippen LogP contribution < -0.4 is 0 Å². The van der Waals surface area contributed by atoms with Gasteiger partial charge >= 0.3 is 0 Å². The summed E-state index contributed by atoms with van der Waals surface area (Å²) in [6.45, 7) is 0.924. The van der Waals surface area contributed by atoms with E-state index in [1.165, 1.54) is 4.31 Å². The van der Waals surface area contributed by atoms with Crippen LogP contribution in [0.1, 0.15) is 6.42 Å². The molecule has 0 saturated carbocycles. The topological polar surface area (TPSA) is 46.6 Å². The number of rotatable bonds is 1. The Labute approximate surface area is 69.6 Å². The number of hydrogen-bond donors (Lipinski definition) is 0. The van der Waals surface area contributed by atoms with Gasteiger partial charge in [0.1, 0.15) is 0 Å². The minimum Gasteiger partial charge on any atom is -0.375 e. The summed E-state index contributed by atoms with van der Waals surface area (Å²) in [5, 5.41) is 0. The first-order valence-corrected chi connectivity index (χ1v) is 5.67. The second kappa shape index (κ2) is 2.32. The van der Waals surface area contributed by atoms with E-state index >= 15 is 0 Å². The van der Waals surface area contributed by atoms with E-state index in [1.54, 1.807) is 0 Å². The Kier molecular flexibility index (Phi) is 1.64. The molecule has 6 heteroatoms. The van der Waals surface area contributed by atoms with Crippen LogP contribution in [0.3, 0.4) is 0 Å². The molecular formula is C5H8ClNO3S. The molecule has 0 spiro atoms. The summed E-state index contributed by atoms with van der Waals surface area (Å²) in [6.07, 6.45) is 0.875. The Hall–Kier alpha value is 0.160. The molecule has 2 aliphatic heterocycles. The van der Waals surface area contributed by atoms with Gasteiger partial charge in [-0.1, -0.05) is 0 Å². The van der Waals surface area contributed by atoms with Crippen molar-refractivity contribution in [1.29, 1.82) is 0 Å². The van der Waals surface area contributed by atoms with Crippen LogP contribution in [0.5, 0.6) is 0 Å². The van der Waals surface area contributed by atoms with Crippen molar-refractivity contribution < 1.29 is 13.2 Å². The van der Waals surface area contributed by atoms with Crippen molar-refractivity contribution in [1.82, 2.24) is 4.31 Å². The van der Waals surface area contributed by atoms with E-state index in [0.29, 0.717) is 13.2 Å². The molecule has 0 aromatic carbocycles. The molecule has 2 aliphatic rings. The lowest BCUT2D eigenvalue weighted by Gasteiger charge is -2.22. The van der Waals surface area contributed by atoms with Crippen LogP contribution in [-0.2, 0) is 14.0 Å². The summed E-state index contributed by atoms with van der Waals surface area (Å²) < 4.78 is 28.2. The average Bonchev–Trinajstić information content (AvgIpc) is 2.42. The highest BCUT2D eigenvalue weighted by Crippen LogP contribution is 2.31. The summed E-state index contributed by atoms with van der Waals surface area (Å²) in [4.78, 5) is 0. The molecule has 0 aromatic rings. The van der Waals surface area contributed by atoms with Crippen molar-refractivity contribution in [2.75, 3.05) is 13.2 Å². The number of morpholine rings is 1. The largest absolute Gasteiger partial charge is 0.375 e. The molecule has 2 fully saturated rings. The summed E-state index contributed by atoms with van der Waals surface area (Å²) in [5.41, 5.74) is 0. The monoisotopic (exact) mass is 197 g/mol. The van der Waals surface area contributed by atoms with Crippen molar-refractivity contribution >= 4 is 19.9 Å². The van der Waals surface area contributed by atoms with Gasteiger partial charge in [-0.05, 0) is 6.42 Å². The van der Waals surface area contributed by atoms with Crippen LogP contribution >= 0.6 is 10.7 Å². The van der Waals surface area contributed by atoms with Gasteiger partial charge in [0.2, 0.25) is 0 Å². The van der Waals surface area contributed by atoms with Crippen molar-refractivity contribution in [3.05, 3.63) is 0 Å². The maximum absolute atomic E-state index is 10.9. The minimum atomic E-state index is -3.51. The molecule has 4 nitrogen and oxygen atoms in total. The van der Waals surface area contributed by atoms with Crippen LogP contribution in [0.15, 0.2) is 0 Å². The number of fused-ring (bicyclic) bond motifs is 2. The van der Waals surface area contributed by atoms with Crippen LogP contribution in [0.25, 0.3) is 0 Å². The molecule has 2 rings (SSSR count). The van der Waals surface area contributed by atoms with E-state index in [4.69, 9.17) is 15.4 Å². The maximum atomic E-state index is 10.9. The molecule has 2 saturated heterocycles. The van der Waals surface area contributed by atoms with Gasteiger partial charge in [0, 0.05) is 17.2 Å². The molecule has 64 valence electrons. The predicted octanol–water partition coefficient (Wildman–Crippen LogP) is -0.0569. The molecule has 11 heavy (non-hydrogen) atoms. The van der Waals surface area contributed by atoms with Crippen LogP contribution in [-0.4, -0.2) is 38.0 Å². The van der Waals surface area contributed by atoms with E-state index in [0.717, 1.165) is 6.42 Å². The Morgan fingerprint density at radius 2 is 2.27 bits per heavy atom. The lowest BCUT2D eigenvalue weighted by molar-refractivity contribution is 0.0616. The molecule has 2 bridgehead atoms. The third kappa shape index (κ3) is 1.26. The summed E-state index contributed by atoms with van der Waals surface area (Å²) in [7, 11) is 1.67. The Morgan fingerprint density at radius 1 is 1.55 bits per heavy atom. The second-order valence-electron chi connectivity index (χ2n) is 2.86. The standard InChI is InChI=1S/C5H8ClNO3S/c6-11(8,9)7-2-5-1-4(7)3-10-5/h4-5H,1-3H2. The van der Waals surface area contributed by atoms with Crippen LogP contribution in [0.4, 0.5) is 0 Å². The second-order valence-corrected chi connectivity index (χ2v) is 5.32. The van der Waals surface area contributed by atoms with Crippen LogP contribution in [0.2, 0.25) is 0 Å². The first kappa shape index (κ1) is 7.79. The molecule has 2 unspecified atom stereocenters. The van der Waals surface area contributed by atoms with Gasteiger partial charge in [-0.25, -0.2) is 0 Å². The van der Waals surface area contributed by atoms with Gasteiger partial charge in [-0.15, -0.1) is 0 Å². The minimum absolute atomic E-state index is 0.0116. The Bertz CT molecular complexity index is 265. The van der Waals surface area contributed by atoms with Crippen LogP contribution in [0, 0.1) is 0 Å². The fraction of sp³-hybridized carbons (Fsp3) is 1.00.